The van der Waals surface area contributed by atoms with E-state index in [2.05, 4.69) is 35.3 Å². The van der Waals surface area contributed by atoms with E-state index in [0.717, 1.165) is 37.4 Å². The number of rotatable bonds is 4. The molecule has 0 bridgehead atoms. The summed E-state index contributed by atoms with van der Waals surface area (Å²) in [5.74, 6) is 2.04. The van der Waals surface area contributed by atoms with Gasteiger partial charge in [0, 0.05) is 25.7 Å². The van der Waals surface area contributed by atoms with Crippen molar-refractivity contribution < 1.29 is 0 Å². The Morgan fingerprint density at radius 3 is 2.72 bits per heavy atom. The lowest BCUT2D eigenvalue weighted by molar-refractivity contribution is 0.436. The molecule has 1 aliphatic heterocycles. The molecule has 3 heteroatoms. The van der Waals surface area contributed by atoms with Crippen molar-refractivity contribution in [1.82, 2.24) is 10.3 Å². The highest BCUT2D eigenvalue weighted by atomic mass is 15.2. The number of hydrogen-bond acceptors (Lipinski definition) is 3. The predicted octanol–water partition coefficient (Wildman–Crippen LogP) is 2.57. The van der Waals surface area contributed by atoms with Crippen molar-refractivity contribution in [1.29, 1.82) is 0 Å². The van der Waals surface area contributed by atoms with Gasteiger partial charge in [0.25, 0.3) is 0 Å². The van der Waals surface area contributed by atoms with E-state index in [1.54, 1.807) is 0 Å². The molecular weight excluding hydrogens is 222 g/mol. The second-order valence-electron chi connectivity index (χ2n) is 5.81. The Labute approximate surface area is 110 Å². The van der Waals surface area contributed by atoms with Crippen LogP contribution in [-0.2, 0) is 6.54 Å². The molecule has 1 saturated heterocycles. The molecule has 0 unspecified atom stereocenters. The molecule has 0 amide bonds. The first kappa shape index (κ1) is 12.0. The van der Waals surface area contributed by atoms with Crippen molar-refractivity contribution in [3.63, 3.8) is 0 Å². The average molecular weight is 245 g/mol. The van der Waals surface area contributed by atoms with E-state index in [4.69, 9.17) is 4.98 Å². The number of hydrogen-bond donors (Lipinski definition) is 1. The Morgan fingerprint density at radius 1 is 1.22 bits per heavy atom. The number of piperidine rings is 1. The lowest BCUT2D eigenvalue weighted by Gasteiger charge is -2.31. The minimum atomic E-state index is 0.756. The third-order valence-electron chi connectivity index (χ3n) is 4.05. The fourth-order valence-electron chi connectivity index (χ4n) is 2.52. The van der Waals surface area contributed by atoms with Crippen LogP contribution in [0.4, 0.5) is 5.82 Å². The van der Waals surface area contributed by atoms with Crippen LogP contribution in [0.5, 0.6) is 0 Å². The van der Waals surface area contributed by atoms with Gasteiger partial charge in [0.2, 0.25) is 0 Å². The fourth-order valence-corrected chi connectivity index (χ4v) is 2.52. The Bertz CT molecular complexity index is 392. The molecule has 98 valence electrons. The number of pyridine rings is 1. The van der Waals surface area contributed by atoms with Gasteiger partial charge in [-0.05, 0) is 43.7 Å². The van der Waals surface area contributed by atoms with Gasteiger partial charge in [-0.3, -0.25) is 0 Å². The first-order valence-corrected chi connectivity index (χ1v) is 7.25. The van der Waals surface area contributed by atoms with E-state index in [1.165, 1.54) is 31.4 Å². The summed E-state index contributed by atoms with van der Waals surface area (Å²) in [5, 5.41) is 3.53. The first-order valence-electron chi connectivity index (χ1n) is 7.25. The van der Waals surface area contributed by atoms with Crippen LogP contribution in [0.1, 0.15) is 38.3 Å². The van der Waals surface area contributed by atoms with Crippen molar-refractivity contribution in [2.75, 3.05) is 18.0 Å². The average Bonchev–Trinajstić information content (AvgIpc) is 3.22. The highest BCUT2D eigenvalue weighted by Crippen LogP contribution is 2.22. The Kier molecular flexibility index (Phi) is 3.50. The molecule has 3 nitrogen and oxygen atoms in total. The summed E-state index contributed by atoms with van der Waals surface area (Å²) in [6, 6.07) is 7.18. The number of aromatic nitrogens is 1. The molecule has 0 aromatic carbocycles. The molecule has 1 aromatic rings. The second-order valence-corrected chi connectivity index (χ2v) is 5.81. The van der Waals surface area contributed by atoms with Gasteiger partial charge < -0.3 is 10.2 Å². The van der Waals surface area contributed by atoms with Gasteiger partial charge in [0.05, 0.1) is 5.69 Å². The summed E-state index contributed by atoms with van der Waals surface area (Å²) in [6.07, 6.45) is 5.27. The zero-order valence-corrected chi connectivity index (χ0v) is 11.2. The molecule has 1 aromatic heterocycles. The van der Waals surface area contributed by atoms with Crippen LogP contribution >= 0.6 is 0 Å². The van der Waals surface area contributed by atoms with Gasteiger partial charge in [0.15, 0.2) is 0 Å². The van der Waals surface area contributed by atoms with Crippen LogP contribution in [-0.4, -0.2) is 24.1 Å². The molecule has 0 atom stereocenters. The van der Waals surface area contributed by atoms with Gasteiger partial charge in [-0.1, -0.05) is 13.0 Å². The smallest absolute Gasteiger partial charge is 0.128 e. The lowest BCUT2D eigenvalue weighted by atomic mass is 9.99. The van der Waals surface area contributed by atoms with Crippen LogP contribution in [0, 0.1) is 5.92 Å². The third-order valence-corrected chi connectivity index (χ3v) is 4.05. The Balaban J connectivity index is 1.62. The van der Waals surface area contributed by atoms with E-state index >= 15 is 0 Å². The predicted molar refractivity (Wildman–Crippen MR) is 74.7 cm³/mol. The van der Waals surface area contributed by atoms with Crippen molar-refractivity contribution >= 4 is 5.82 Å². The van der Waals surface area contributed by atoms with Crippen molar-refractivity contribution in [2.24, 2.45) is 5.92 Å². The van der Waals surface area contributed by atoms with E-state index in [9.17, 15) is 0 Å². The van der Waals surface area contributed by atoms with Crippen molar-refractivity contribution in [3.8, 4) is 0 Å². The molecule has 1 saturated carbocycles. The molecule has 2 fully saturated rings. The molecule has 0 radical (unpaired) electrons. The molecule has 2 aliphatic rings. The molecular formula is C15H23N3. The number of nitrogens with one attached hydrogen (secondary N) is 1. The maximum Gasteiger partial charge on any atom is 0.128 e. The monoisotopic (exact) mass is 245 g/mol. The summed E-state index contributed by atoms with van der Waals surface area (Å²) in [5.41, 5.74) is 1.18. The van der Waals surface area contributed by atoms with Gasteiger partial charge >= 0.3 is 0 Å². The maximum atomic E-state index is 4.78. The number of nitrogens with zero attached hydrogens (tertiary/aromatic N) is 2. The lowest BCUT2D eigenvalue weighted by Crippen LogP contribution is -2.33. The summed E-state index contributed by atoms with van der Waals surface area (Å²) >= 11 is 0. The summed E-state index contributed by atoms with van der Waals surface area (Å²) in [7, 11) is 0. The maximum absolute atomic E-state index is 4.78. The fraction of sp³-hybridized carbons (Fsp3) is 0.667. The van der Waals surface area contributed by atoms with E-state index < -0.39 is 0 Å². The van der Waals surface area contributed by atoms with Gasteiger partial charge in [-0.25, -0.2) is 4.98 Å². The van der Waals surface area contributed by atoms with E-state index in [-0.39, 0.29) is 0 Å². The molecule has 0 spiro atoms. The molecule has 3 rings (SSSR count). The van der Waals surface area contributed by atoms with Crippen molar-refractivity contribution in [2.45, 2.75) is 45.2 Å². The van der Waals surface area contributed by atoms with Crippen molar-refractivity contribution in [3.05, 3.63) is 23.9 Å². The molecule has 1 N–H and O–H groups in total. The highest BCUT2D eigenvalue weighted by molar-refractivity contribution is 5.39. The Hall–Kier alpha value is -1.09. The van der Waals surface area contributed by atoms with Crippen LogP contribution < -0.4 is 10.2 Å². The topological polar surface area (TPSA) is 28.2 Å². The quantitative estimate of drug-likeness (QED) is 0.883. The summed E-state index contributed by atoms with van der Waals surface area (Å²) in [4.78, 5) is 7.22. The first-order chi connectivity index (χ1) is 8.81. The van der Waals surface area contributed by atoms with Gasteiger partial charge in [-0.2, -0.15) is 0 Å². The van der Waals surface area contributed by atoms with Crippen LogP contribution in [0.15, 0.2) is 18.2 Å². The van der Waals surface area contributed by atoms with Crippen LogP contribution in [0.25, 0.3) is 0 Å². The zero-order chi connectivity index (χ0) is 12.4. The van der Waals surface area contributed by atoms with E-state index in [1.807, 2.05) is 0 Å². The summed E-state index contributed by atoms with van der Waals surface area (Å²) in [6.45, 7) is 5.59. The number of anilines is 1. The molecule has 2 heterocycles. The largest absolute Gasteiger partial charge is 0.357 e. The SMILES string of the molecule is CC1CCN(c2cccc(CNC3CC3)n2)CC1. The van der Waals surface area contributed by atoms with Crippen LogP contribution in [0.3, 0.4) is 0 Å². The van der Waals surface area contributed by atoms with Gasteiger partial charge in [-0.15, -0.1) is 0 Å². The van der Waals surface area contributed by atoms with Crippen LogP contribution in [0.2, 0.25) is 0 Å². The third kappa shape index (κ3) is 3.02. The highest BCUT2D eigenvalue weighted by Gasteiger charge is 2.20. The van der Waals surface area contributed by atoms with Gasteiger partial charge in [0.1, 0.15) is 5.82 Å². The standard InChI is InChI=1S/C15H23N3/c1-12-7-9-18(10-8-12)15-4-2-3-14(17-15)11-16-13-5-6-13/h2-4,12-13,16H,5-11H2,1H3. The minimum Gasteiger partial charge on any atom is -0.357 e. The second kappa shape index (κ2) is 5.27. The Morgan fingerprint density at radius 2 is 2.00 bits per heavy atom. The summed E-state index contributed by atoms with van der Waals surface area (Å²) < 4.78 is 0. The molecule has 18 heavy (non-hydrogen) atoms. The zero-order valence-electron chi connectivity index (χ0n) is 11.2. The van der Waals surface area contributed by atoms with E-state index in [0.29, 0.717) is 0 Å². The molecule has 1 aliphatic carbocycles. The minimum absolute atomic E-state index is 0.756. The normalized spacial score (nSPS) is 21.3.